The Bertz CT molecular complexity index is 1250. The minimum atomic E-state index is -0.310. The molecule has 2 N–H and O–H groups in total. The molecule has 0 unspecified atom stereocenters. The van der Waals surface area contributed by atoms with Crippen LogP contribution in [0.5, 0.6) is 0 Å². The highest BCUT2D eigenvalue weighted by atomic mass is 32.1. The summed E-state index contributed by atoms with van der Waals surface area (Å²) in [5.41, 5.74) is 12.5. The highest BCUT2D eigenvalue weighted by molar-refractivity contribution is 7.21. The van der Waals surface area contributed by atoms with Gasteiger partial charge in [0.15, 0.2) is 5.78 Å². The summed E-state index contributed by atoms with van der Waals surface area (Å²) < 4.78 is 13.2. The van der Waals surface area contributed by atoms with E-state index in [1.165, 1.54) is 29.0 Å². The lowest BCUT2D eigenvalue weighted by Crippen LogP contribution is -2.08. The number of nitrogens with zero attached hydrogens (tertiary/aromatic N) is 1. The van der Waals surface area contributed by atoms with Crippen LogP contribution in [-0.2, 0) is 19.3 Å². The highest BCUT2D eigenvalue weighted by Crippen LogP contribution is 2.44. The zero-order valence-corrected chi connectivity index (χ0v) is 17.3. The lowest BCUT2D eigenvalue weighted by molar-refractivity contribution is 0.0997. The maximum absolute atomic E-state index is 13.2. The van der Waals surface area contributed by atoms with Gasteiger partial charge in [-0.05, 0) is 60.1 Å². The number of benzene rings is 2. The third kappa shape index (κ3) is 3.29. The summed E-state index contributed by atoms with van der Waals surface area (Å²) in [6.07, 6.45) is 4.41. The third-order valence-corrected chi connectivity index (χ3v) is 6.89. The number of nitrogens with two attached hydrogens (primary N) is 1. The summed E-state index contributed by atoms with van der Waals surface area (Å²) in [6.45, 7) is 0. The molecule has 0 saturated carbocycles. The van der Waals surface area contributed by atoms with Gasteiger partial charge < -0.3 is 5.73 Å². The van der Waals surface area contributed by atoms with Crippen molar-refractivity contribution < 1.29 is 9.18 Å². The number of anilines is 1. The fourth-order valence-electron chi connectivity index (χ4n) is 4.31. The van der Waals surface area contributed by atoms with Crippen molar-refractivity contribution in [3.05, 3.63) is 82.1 Å². The predicted octanol–water partition coefficient (Wildman–Crippen LogP) is 5.99. The van der Waals surface area contributed by atoms with Crippen molar-refractivity contribution in [2.75, 3.05) is 5.73 Å². The molecule has 1 aliphatic carbocycles. The van der Waals surface area contributed by atoms with Crippen molar-refractivity contribution in [2.45, 2.75) is 32.1 Å². The van der Waals surface area contributed by atoms with Gasteiger partial charge in [-0.25, -0.2) is 9.37 Å². The standard InChI is InChI=1S/C25H21FN2OS/c26-17-12-10-15(11-13-17)14-20(29)24-23(27)22-21(16-6-2-1-3-7-16)18-8-4-5-9-19(18)28-25(22)30-24/h1-3,6-7,10-13H,4-5,8-9,14,27H2. The van der Waals surface area contributed by atoms with Crippen LogP contribution in [0, 0.1) is 5.82 Å². The number of carbonyl (C=O) groups excluding carboxylic acids is 1. The average Bonchev–Trinajstić information content (AvgIpc) is 3.10. The van der Waals surface area contributed by atoms with Gasteiger partial charge in [0.05, 0.1) is 10.6 Å². The second-order valence-corrected chi connectivity index (χ2v) is 8.74. The number of rotatable bonds is 4. The Morgan fingerprint density at radius 1 is 1.03 bits per heavy atom. The molecule has 2 aromatic carbocycles. The van der Waals surface area contributed by atoms with Crippen molar-refractivity contribution in [3.8, 4) is 11.1 Å². The van der Waals surface area contributed by atoms with Gasteiger partial charge in [-0.3, -0.25) is 4.79 Å². The fourth-order valence-corrected chi connectivity index (χ4v) is 5.37. The van der Waals surface area contributed by atoms with E-state index in [-0.39, 0.29) is 18.0 Å². The number of fused-ring (bicyclic) bond motifs is 2. The maximum atomic E-state index is 13.2. The number of nitrogen functional groups attached to an aromatic ring is 1. The normalized spacial score (nSPS) is 13.4. The second kappa shape index (κ2) is 7.65. The molecule has 1 aliphatic rings. The number of thiophene rings is 1. The van der Waals surface area contributed by atoms with Crippen LogP contribution in [0.15, 0.2) is 54.6 Å². The van der Waals surface area contributed by atoms with Crippen LogP contribution in [0.2, 0.25) is 0 Å². The van der Waals surface area contributed by atoms with Crippen molar-refractivity contribution in [2.24, 2.45) is 0 Å². The molecule has 0 bridgehead atoms. The molecule has 5 heteroatoms. The fraction of sp³-hybridized carbons (Fsp3) is 0.200. The predicted molar refractivity (Wildman–Crippen MR) is 121 cm³/mol. The first kappa shape index (κ1) is 18.9. The molecule has 0 fully saturated rings. The van der Waals surface area contributed by atoms with Crippen molar-refractivity contribution >= 4 is 33.0 Å². The number of pyridine rings is 1. The van der Waals surface area contributed by atoms with Crippen LogP contribution in [0.25, 0.3) is 21.3 Å². The average molecular weight is 417 g/mol. The summed E-state index contributed by atoms with van der Waals surface area (Å²) >= 11 is 1.38. The number of halogens is 1. The van der Waals surface area contributed by atoms with E-state index >= 15 is 0 Å². The van der Waals surface area contributed by atoms with Gasteiger partial charge in [0, 0.05) is 17.5 Å². The smallest absolute Gasteiger partial charge is 0.179 e. The van der Waals surface area contributed by atoms with Crippen LogP contribution in [-0.4, -0.2) is 10.8 Å². The van der Waals surface area contributed by atoms with Gasteiger partial charge >= 0.3 is 0 Å². The molecular formula is C25H21FN2OS. The Balaban J connectivity index is 1.66. The van der Waals surface area contributed by atoms with Crippen LogP contribution < -0.4 is 5.73 Å². The Hall–Kier alpha value is -3.05. The number of hydrogen-bond donors (Lipinski definition) is 1. The lowest BCUT2D eigenvalue weighted by Gasteiger charge is -2.20. The van der Waals surface area contributed by atoms with Gasteiger partial charge in [0.2, 0.25) is 0 Å². The Labute approximate surface area is 178 Å². The van der Waals surface area contributed by atoms with Crippen LogP contribution in [0.4, 0.5) is 10.1 Å². The molecule has 2 aromatic heterocycles. The van der Waals surface area contributed by atoms with E-state index in [4.69, 9.17) is 10.7 Å². The largest absolute Gasteiger partial charge is 0.397 e. The number of aryl methyl sites for hydroxylation is 1. The minimum Gasteiger partial charge on any atom is -0.397 e. The molecule has 0 atom stereocenters. The summed E-state index contributed by atoms with van der Waals surface area (Å²) in [6, 6.07) is 16.3. The number of ketones is 1. The summed E-state index contributed by atoms with van der Waals surface area (Å²) in [5, 5.41) is 0.898. The molecule has 2 heterocycles. The molecular weight excluding hydrogens is 395 g/mol. The van der Waals surface area contributed by atoms with E-state index in [0.717, 1.165) is 58.3 Å². The molecule has 0 aliphatic heterocycles. The number of carbonyl (C=O) groups is 1. The summed E-state index contributed by atoms with van der Waals surface area (Å²) in [4.78, 5) is 19.4. The van der Waals surface area contributed by atoms with E-state index in [0.29, 0.717) is 10.6 Å². The molecule has 30 heavy (non-hydrogen) atoms. The van der Waals surface area contributed by atoms with Crippen LogP contribution >= 0.6 is 11.3 Å². The second-order valence-electron chi connectivity index (χ2n) is 7.74. The number of Topliss-reactive ketones (excluding diaryl/α,β-unsaturated/α-hetero) is 1. The van der Waals surface area contributed by atoms with E-state index in [9.17, 15) is 9.18 Å². The molecule has 3 nitrogen and oxygen atoms in total. The zero-order chi connectivity index (χ0) is 20.7. The van der Waals surface area contributed by atoms with Crippen molar-refractivity contribution in [3.63, 3.8) is 0 Å². The van der Waals surface area contributed by atoms with Gasteiger partial charge in [0.25, 0.3) is 0 Å². The Morgan fingerprint density at radius 3 is 2.53 bits per heavy atom. The van der Waals surface area contributed by atoms with E-state index in [2.05, 4.69) is 12.1 Å². The van der Waals surface area contributed by atoms with E-state index in [1.54, 1.807) is 12.1 Å². The SMILES string of the molecule is Nc1c(C(=O)Cc2ccc(F)cc2)sc2nc3c(c(-c4ccccc4)c12)CCCC3. The summed E-state index contributed by atoms with van der Waals surface area (Å²) in [7, 11) is 0. The van der Waals surface area contributed by atoms with Gasteiger partial charge in [-0.1, -0.05) is 42.5 Å². The first-order valence-electron chi connectivity index (χ1n) is 10.2. The number of aromatic nitrogens is 1. The lowest BCUT2D eigenvalue weighted by atomic mass is 9.87. The molecule has 4 aromatic rings. The quantitative estimate of drug-likeness (QED) is 0.416. The Morgan fingerprint density at radius 2 is 1.77 bits per heavy atom. The van der Waals surface area contributed by atoms with Crippen LogP contribution in [0.3, 0.4) is 0 Å². The van der Waals surface area contributed by atoms with Gasteiger partial charge in [0.1, 0.15) is 10.6 Å². The molecule has 0 saturated heterocycles. The van der Waals surface area contributed by atoms with E-state index < -0.39 is 0 Å². The molecule has 5 rings (SSSR count). The van der Waals surface area contributed by atoms with Crippen molar-refractivity contribution in [1.29, 1.82) is 0 Å². The third-order valence-electron chi connectivity index (χ3n) is 5.75. The van der Waals surface area contributed by atoms with E-state index in [1.807, 2.05) is 18.2 Å². The minimum absolute atomic E-state index is 0.0564. The molecule has 0 radical (unpaired) electrons. The molecule has 0 amide bonds. The summed E-state index contributed by atoms with van der Waals surface area (Å²) in [5.74, 6) is -0.367. The first-order valence-corrected chi connectivity index (χ1v) is 11.0. The molecule has 150 valence electrons. The molecule has 0 spiro atoms. The van der Waals surface area contributed by atoms with Gasteiger partial charge in [-0.15, -0.1) is 11.3 Å². The monoisotopic (exact) mass is 416 g/mol. The number of hydrogen-bond acceptors (Lipinski definition) is 4. The maximum Gasteiger partial charge on any atom is 0.179 e. The zero-order valence-electron chi connectivity index (χ0n) is 16.5. The highest BCUT2D eigenvalue weighted by Gasteiger charge is 2.25. The van der Waals surface area contributed by atoms with Gasteiger partial charge in [-0.2, -0.15) is 0 Å². The topological polar surface area (TPSA) is 56.0 Å². The van der Waals surface area contributed by atoms with Crippen molar-refractivity contribution in [1.82, 2.24) is 4.98 Å². The Kier molecular flexibility index (Phi) is 4.83. The first-order chi connectivity index (χ1) is 14.6. The van der Waals surface area contributed by atoms with Crippen LogP contribution in [0.1, 0.15) is 39.3 Å².